The zero-order valence-electron chi connectivity index (χ0n) is 7.51. The van der Waals surface area contributed by atoms with Crippen molar-refractivity contribution in [2.24, 2.45) is 0 Å². The Kier molecular flexibility index (Phi) is 2.96. The van der Waals surface area contributed by atoms with Crippen LogP contribution in [0.1, 0.15) is 16.5 Å². The van der Waals surface area contributed by atoms with E-state index in [0.717, 1.165) is 6.54 Å². The van der Waals surface area contributed by atoms with Gasteiger partial charge in [0.25, 0.3) is 0 Å². The Morgan fingerprint density at radius 1 is 1.54 bits per heavy atom. The Hall–Kier alpha value is 0.01000. The average Bonchev–Trinajstić information content (AvgIpc) is 2.62. The zero-order valence-corrected chi connectivity index (χ0v) is 9.91. The van der Waals surface area contributed by atoms with Gasteiger partial charge in [0.2, 0.25) is 0 Å². The Morgan fingerprint density at radius 2 is 2.38 bits per heavy atom. The molecular weight excluding hydrogens is 246 g/mol. The minimum Gasteiger partial charge on any atom is -0.301 e. The van der Waals surface area contributed by atoms with Gasteiger partial charge in [0.15, 0.2) is 0 Å². The molecule has 3 heteroatoms. The highest BCUT2D eigenvalue weighted by Gasteiger charge is 2.16. The van der Waals surface area contributed by atoms with Crippen molar-refractivity contribution < 1.29 is 0 Å². The van der Waals surface area contributed by atoms with Gasteiger partial charge in [-0.25, -0.2) is 0 Å². The van der Waals surface area contributed by atoms with E-state index in [2.05, 4.69) is 46.4 Å². The molecule has 1 nitrogen and oxygen atoms in total. The quantitative estimate of drug-likeness (QED) is 0.830. The molecule has 0 radical (unpaired) electrons. The molecule has 0 amide bonds. The van der Waals surface area contributed by atoms with Crippen LogP contribution in [0.25, 0.3) is 0 Å². The number of rotatable bonds is 1. The van der Waals surface area contributed by atoms with Crippen LogP contribution < -0.4 is 5.32 Å². The Morgan fingerprint density at radius 3 is 3.00 bits per heavy atom. The van der Waals surface area contributed by atoms with Crippen LogP contribution in [0.2, 0.25) is 0 Å². The smallest absolute Gasteiger partial charge is 0.0790 e. The summed E-state index contributed by atoms with van der Waals surface area (Å²) in [4.78, 5) is 0. The second-order valence-corrected chi connectivity index (χ2v) is 5.28. The first-order valence-electron chi connectivity index (χ1n) is 4.38. The molecule has 13 heavy (non-hydrogen) atoms. The summed E-state index contributed by atoms with van der Waals surface area (Å²) in [5.74, 6) is 1.22. The Balaban J connectivity index is 2.25. The second-order valence-electron chi connectivity index (χ2n) is 3.21. The molecular formula is C10H12BrNS. The van der Waals surface area contributed by atoms with Gasteiger partial charge in [0.05, 0.1) is 5.37 Å². The van der Waals surface area contributed by atoms with Crippen molar-refractivity contribution in [1.82, 2.24) is 5.32 Å². The van der Waals surface area contributed by atoms with Gasteiger partial charge in [-0.3, -0.25) is 0 Å². The van der Waals surface area contributed by atoms with E-state index in [1.165, 1.54) is 21.4 Å². The SMILES string of the molecule is Cc1ccc(C2NCCS2)cc1Br. The highest BCUT2D eigenvalue weighted by molar-refractivity contribution is 9.10. The number of hydrogen-bond donors (Lipinski definition) is 1. The molecule has 1 aromatic rings. The number of thioether (sulfide) groups is 1. The van der Waals surface area contributed by atoms with Crippen molar-refractivity contribution in [2.45, 2.75) is 12.3 Å². The first kappa shape index (κ1) is 9.56. The summed E-state index contributed by atoms with van der Waals surface area (Å²) in [6.07, 6.45) is 0. The van der Waals surface area contributed by atoms with Crippen LogP contribution in [0, 0.1) is 6.92 Å². The number of nitrogens with one attached hydrogen (secondary N) is 1. The lowest BCUT2D eigenvalue weighted by atomic mass is 10.1. The van der Waals surface area contributed by atoms with Crippen molar-refractivity contribution in [1.29, 1.82) is 0 Å². The number of benzene rings is 1. The summed E-state index contributed by atoms with van der Waals surface area (Å²) in [5.41, 5.74) is 2.67. The Bertz CT molecular complexity index is 308. The van der Waals surface area contributed by atoms with E-state index in [-0.39, 0.29) is 0 Å². The highest BCUT2D eigenvalue weighted by atomic mass is 79.9. The van der Waals surface area contributed by atoms with Crippen LogP contribution in [0.15, 0.2) is 22.7 Å². The van der Waals surface area contributed by atoms with Crippen LogP contribution in [0.5, 0.6) is 0 Å². The second kappa shape index (κ2) is 4.03. The first-order chi connectivity index (χ1) is 6.27. The van der Waals surface area contributed by atoms with Crippen LogP contribution >= 0.6 is 27.7 Å². The molecule has 2 rings (SSSR count). The highest BCUT2D eigenvalue weighted by Crippen LogP contribution is 2.31. The fourth-order valence-corrected chi connectivity index (χ4v) is 2.85. The molecule has 0 aromatic heterocycles. The third-order valence-electron chi connectivity index (χ3n) is 2.21. The van der Waals surface area contributed by atoms with E-state index in [9.17, 15) is 0 Å². The van der Waals surface area contributed by atoms with E-state index in [1.807, 2.05) is 11.8 Å². The van der Waals surface area contributed by atoms with Gasteiger partial charge in [0.1, 0.15) is 0 Å². The molecule has 1 unspecified atom stereocenters. The first-order valence-corrected chi connectivity index (χ1v) is 6.22. The molecule has 0 bridgehead atoms. The zero-order chi connectivity index (χ0) is 9.26. The van der Waals surface area contributed by atoms with Crippen LogP contribution in [0.3, 0.4) is 0 Å². The molecule has 1 aliphatic heterocycles. The Labute approximate surface area is 91.4 Å². The summed E-state index contributed by atoms with van der Waals surface area (Å²) < 4.78 is 1.21. The minimum absolute atomic E-state index is 0.497. The summed E-state index contributed by atoms with van der Waals surface area (Å²) in [7, 11) is 0. The van der Waals surface area contributed by atoms with E-state index in [1.54, 1.807) is 0 Å². The van der Waals surface area contributed by atoms with Crippen molar-refractivity contribution in [2.75, 3.05) is 12.3 Å². The maximum absolute atomic E-state index is 3.56. The van der Waals surface area contributed by atoms with Crippen LogP contribution in [-0.4, -0.2) is 12.3 Å². The van der Waals surface area contributed by atoms with Gasteiger partial charge < -0.3 is 5.32 Å². The van der Waals surface area contributed by atoms with Crippen molar-refractivity contribution >= 4 is 27.7 Å². The topological polar surface area (TPSA) is 12.0 Å². The van der Waals surface area contributed by atoms with E-state index in [4.69, 9.17) is 0 Å². The molecule has 1 heterocycles. The van der Waals surface area contributed by atoms with Gasteiger partial charge in [0, 0.05) is 16.8 Å². The lowest BCUT2D eigenvalue weighted by Crippen LogP contribution is -2.11. The largest absolute Gasteiger partial charge is 0.301 e. The average molecular weight is 258 g/mol. The molecule has 0 saturated carbocycles. The molecule has 1 fully saturated rings. The molecule has 1 saturated heterocycles. The molecule has 70 valence electrons. The summed E-state index contributed by atoms with van der Waals surface area (Å²) in [6, 6.07) is 6.58. The van der Waals surface area contributed by atoms with E-state index >= 15 is 0 Å². The lowest BCUT2D eigenvalue weighted by molar-refractivity contribution is 0.750. The summed E-state index contributed by atoms with van der Waals surface area (Å²) >= 11 is 5.53. The summed E-state index contributed by atoms with van der Waals surface area (Å²) in [5, 5.41) is 3.96. The fraction of sp³-hybridized carbons (Fsp3) is 0.400. The van der Waals surface area contributed by atoms with Gasteiger partial charge in [-0.05, 0) is 24.1 Å². The normalized spacial score (nSPS) is 22.2. The third kappa shape index (κ3) is 2.09. The van der Waals surface area contributed by atoms with Gasteiger partial charge in [-0.1, -0.05) is 28.1 Å². The predicted octanol–water partition coefficient (Wildman–Crippen LogP) is 3.09. The summed E-state index contributed by atoms with van der Waals surface area (Å²) in [6.45, 7) is 3.24. The minimum atomic E-state index is 0.497. The van der Waals surface area contributed by atoms with Gasteiger partial charge in [-0.2, -0.15) is 0 Å². The van der Waals surface area contributed by atoms with Crippen molar-refractivity contribution in [3.05, 3.63) is 33.8 Å². The van der Waals surface area contributed by atoms with Crippen LogP contribution in [0.4, 0.5) is 0 Å². The molecule has 0 spiro atoms. The van der Waals surface area contributed by atoms with Gasteiger partial charge in [-0.15, -0.1) is 11.8 Å². The molecule has 1 N–H and O–H groups in total. The number of halogens is 1. The van der Waals surface area contributed by atoms with E-state index < -0.39 is 0 Å². The number of aryl methyl sites for hydroxylation is 1. The number of hydrogen-bond acceptors (Lipinski definition) is 2. The van der Waals surface area contributed by atoms with Crippen molar-refractivity contribution in [3.63, 3.8) is 0 Å². The standard InChI is InChI=1S/C10H12BrNS/c1-7-2-3-8(6-9(7)11)10-12-4-5-13-10/h2-3,6,10,12H,4-5H2,1H3. The van der Waals surface area contributed by atoms with E-state index in [0.29, 0.717) is 5.37 Å². The van der Waals surface area contributed by atoms with Crippen molar-refractivity contribution in [3.8, 4) is 0 Å². The molecule has 0 aliphatic carbocycles. The maximum Gasteiger partial charge on any atom is 0.0790 e. The maximum atomic E-state index is 3.56. The molecule has 1 aliphatic rings. The molecule has 1 aromatic carbocycles. The fourth-order valence-electron chi connectivity index (χ4n) is 1.41. The third-order valence-corrected chi connectivity index (χ3v) is 4.28. The van der Waals surface area contributed by atoms with Gasteiger partial charge >= 0.3 is 0 Å². The van der Waals surface area contributed by atoms with Crippen LogP contribution in [-0.2, 0) is 0 Å². The molecule has 1 atom stereocenters. The predicted molar refractivity (Wildman–Crippen MR) is 62.1 cm³/mol. The monoisotopic (exact) mass is 257 g/mol. The lowest BCUT2D eigenvalue weighted by Gasteiger charge is -2.10.